The molecule has 1 heterocycles. The van der Waals surface area contributed by atoms with Crippen LogP contribution in [0.25, 0.3) is 0 Å². The van der Waals surface area contributed by atoms with Gasteiger partial charge in [-0.2, -0.15) is 0 Å². The van der Waals surface area contributed by atoms with E-state index in [2.05, 4.69) is 4.98 Å². The molecule has 1 aromatic heterocycles. The van der Waals surface area contributed by atoms with Gasteiger partial charge in [0.2, 0.25) is 0 Å². The molecule has 0 fully saturated rings. The van der Waals surface area contributed by atoms with Crippen molar-refractivity contribution < 1.29 is 18.5 Å². The molecule has 86 valence electrons. The minimum atomic E-state index is -2.93. The van der Waals surface area contributed by atoms with E-state index in [1.165, 1.54) is 22.6 Å². The summed E-state index contributed by atoms with van der Waals surface area (Å²) in [6.45, 7) is 0. The van der Waals surface area contributed by atoms with Crippen LogP contribution in [-0.2, 0) is 0 Å². The molecule has 1 aromatic rings. The molecule has 0 aromatic carbocycles. The lowest BCUT2D eigenvalue weighted by atomic mass is 10.2. The number of hydrogen-bond acceptors (Lipinski definition) is 4. The second-order valence-electron chi connectivity index (χ2n) is 2.55. The van der Waals surface area contributed by atoms with E-state index in [0.29, 0.717) is 6.20 Å². The highest BCUT2D eigenvalue weighted by molar-refractivity contribution is 14.1. The number of nitro groups is 1. The molecule has 0 unspecified atom stereocenters. The molecular weight excluding hydrogens is 360 g/mol. The maximum atomic E-state index is 12.4. The van der Waals surface area contributed by atoms with Crippen molar-refractivity contribution in [2.45, 2.75) is 6.43 Å². The van der Waals surface area contributed by atoms with Crippen LogP contribution in [0, 0.1) is 13.7 Å². The van der Waals surface area contributed by atoms with Gasteiger partial charge in [-0.3, -0.25) is 14.9 Å². The van der Waals surface area contributed by atoms with Gasteiger partial charge in [0.1, 0.15) is 17.5 Å². The van der Waals surface area contributed by atoms with E-state index >= 15 is 0 Å². The fourth-order valence-electron chi connectivity index (χ4n) is 0.970. The fourth-order valence-corrected chi connectivity index (χ4v) is 2.22. The van der Waals surface area contributed by atoms with Gasteiger partial charge in [0, 0.05) is 0 Å². The molecule has 1 rings (SSSR count). The molecule has 0 atom stereocenters. The third-order valence-electron chi connectivity index (χ3n) is 1.63. The van der Waals surface area contributed by atoms with Crippen LogP contribution in [-0.4, -0.2) is 15.1 Å². The molecule has 0 N–H and O–H groups in total. The van der Waals surface area contributed by atoms with Crippen LogP contribution in [0.1, 0.15) is 22.5 Å². The van der Waals surface area contributed by atoms with Crippen molar-refractivity contribution >= 4 is 45.1 Å². The number of carbonyl (C=O) groups excluding carboxylic acids is 1. The number of alkyl halides is 2. The summed E-state index contributed by atoms with van der Waals surface area (Å²) in [5.41, 5.74) is -1.94. The number of nitrogens with zero attached hydrogens (tertiary/aromatic N) is 2. The standard InChI is InChI=1S/C7H2ClF2IN2O3/c8-6(14)3-2(13(15)16)1-12-5(4(3)11)7(9)10/h1,7H. The normalized spacial score (nSPS) is 10.6. The molecule has 0 aliphatic heterocycles. The van der Waals surface area contributed by atoms with E-state index in [1.807, 2.05) is 0 Å². The van der Waals surface area contributed by atoms with Crippen LogP contribution < -0.4 is 0 Å². The highest BCUT2D eigenvalue weighted by Crippen LogP contribution is 2.31. The Bertz CT molecular complexity index is 469. The predicted octanol–water partition coefficient (Wildman–Crippen LogP) is 2.91. The number of hydrogen-bond donors (Lipinski definition) is 0. The molecule has 0 aliphatic rings. The minimum absolute atomic E-state index is 0.304. The second-order valence-corrected chi connectivity index (χ2v) is 3.97. The summed E-state index contributed by atoms with van der Waals surface area (Å²) in [6.07, 6.45) is -2.33. The molecule has 0 amide bonds. The summed E-state index contributed by atoms with van der Waals surface area (Å²) < 4.78 is 24.5. The zero-order valence-electron chi connectivity index (χ0n) is 7.29. The Balaban J connectivity index is 3.54. The Morgan fingerprint density at radius 2 is 2.19 bits per heavy atom. The summed E-state index contributed by atoms with van der Waals surface area (Å²) in [6, 6.07) is 0. The van der Waals surface area contributed by atoms with E-state index in [1.54, 1.807) is 0 Å². The average Bonchev–Trinajstić information content (AvgIpc) is 2.15. The summed E-state index contributed by atoms with van der Waals surface area (Å²) in [5.74, 6) is 0. The molecule has 0 bridgehead atoms. The Morgan fingerprint density at radius 1 is 1.62 bits per heavy atom. The van der Waals surface area contributed by atoms with E-state index in [9.17, 15) is 23.7 Å². The van der Waals surface area contributed by atoms with Gasteiger partial charge in [-0.1, -0.05) is 0 Å². The van der Waals surface area contributed by atoms with Gasteiger partial charge in [0.05, 0.1) is 8.49 Å². The summed E-state index contributed by atoms with van der Waals surface area (Å²) >= 11 is 6.49. The Labute approximate surface area is 106 Å². The molecule has 0 saturated heterocycles. The lowest BCUT2D eigenvalue weighted by molar-refractivity contribution is -0.385. The Hall–Kier alpha value is -0.900. The van der Waals surface area contributed by atoms with Crippen LogP contribution in [0.5, 0.6) is 0 Å². The van der Waals surface area contributed by atoms with Gasteiger partial charge in [0.15, 0.2) is 0 Å². The number of pyridine rings is 1. The van der Waals surface area contributed by atoms with Crippen LogP contribution >= 0.6 is 34.2 Å². The van der Waals surface area contributed by atoms with Crippen molar-refractivity contribution in [3.63, 3.8) is 0 Å². The first kappa shape index (κ1) is 13.2. The van der Waals surface area contributed by atoms with E-state index < -0.39 is 33.5 Å². The quantitative estimate of drug-likeness (QED) is 0.359. The maximum absolute atomic E-state index is 12.4. The smallest absolute Gasteiger partial charge is 0.275 e. The summed E-state index contributed by atoms with van der Waals surface area (Å²) in [5, 5.41) is 9.36. The number of rotatable bonds is 3. The van der Waals surface area contributed by atoms with Crippen LogP contribution in [0.4, 0.5) is 14.5 Å². The third-order valence-corrected chi connectivity index (χ3v) is 2.91. The molecule has 0 spiro atoms. The number of carbonyl (C=O) groups is 1. The van der Waals surface area contributed by atoms with Gasteiger partial charge in [-0.05, 0) is 34.2 Å². The van der Waals surface area contributed by atoms with Gasteiger partial charge < -0.3 is 0 Å². The van der Waals surface area contributed by atoms with Crippen LogP contribution in [0.2, 0.25) is 0 Å². The first-order valence-corrected chi connectivity index (χ1v) is 5.12. The zero-order valence-corrected chi connectivity index (χ0v) is 10.2. The van der Waals surface area contributed by atoms with E-state index in [4.69, 9.17) is 11.6 Å². The zero-order chi connectivity index (χ0) is 12.5. The Kier molecular flexibility index (Phi) is 4.08. The molecular formula is C7H2ClF2IN2O3. The monoisotopic (exact) mass is 362 g/mol. The van der Waals surface area contributed by atoms with Gasteiger partial charge in [-0.25, -0.2) is 13.8 Å². The van der Waals surface area contributed by atoms with Gasteiger partial charge in [-0.15, -0.1) is 0 Å². The molecule has 5 nitrogen and oxygen atoms in total. The summed E-state index contributed by atoms with van der Waals surface area (Å²) in [7, 11) is 0. The molecule has 0 radical (unpaired) electrons. The molecule has 9 heteroatoms. The first-order valence-electron chi connectivity index (χ1n) is 3.67. The van der Waals surface area contributed by atoms with Crippen molar-refractivity contribution in [1.29, 1.82) is 0 Å². The van der Waals surface area contributed by atoms with E-state index in [0.717, 1.165) is 0 Å². The second kappa shape index (κ2) is 4.95. The highest BCUT2D eigenvalue weighted by atomic mass is 127. The predicted molar refractivity (Wildman–Crippen MR) is 58.7 cm³/mol. The van der Waals surface area contributed by atoms with Crippen LogP contribution in [0.3, 0.4) is 0 Å². The number of aromatic nitrogens is 1. The largest absolute Gasteiger partial charge is 0.300 e. The van der Waals surface area contributed by atoms with Crippen molar-refractivity contribution in [2.24, 2.45) is 0 Å². The lowest BCUT2D eigenvalue weighted by Crippen LogP contribution is -2.07. The Morgan fingerprint density at radius 3 is 2.56 bits per heavy atom. The highest BCUT2D eigenvalue weighted by Gasteiger charge is 2.28. The van der Waals surface area contributed by atoms with Crippen molar-refractivity contribution in [3.05, 3.63) is 31.1 Å². The molecule has 0 aliphatic carbocycles. The fraction of sp³-hybridized carbons (Fsp3) is 0.143. The SMILES string of the molecule is O=C(Cl)c1c([N+](=O)[O-])cnc(C(F)F)c1I. The average molecular weight is 362 g/mol. The first-order chi connectivity index (χ1) is 7.36. The van der Waals surface area contributed by atoms with Crippen molar-refractivity contribution in [1.82, 2.24) is 4.98 Å². The minimum Gasteiger partial charge on any atom is -0.275 e. The van der Waals surface area contributed by atoms with E-state index in [-0.39, 0.29) is 3.57 Å². The molecule has 0 saturated carbocycles. The molecule has 16 heavy (non-hydrogen) atoms. The van der Waals surface area contributed by atoms with Gasteiger partial charge in [0.25, 0.3) is 11.7 Å². The lowest BCUT2D eigenvalue weighted by Gasteiger charge is -2.05. The number of halogens is 4. The maximum Gasteiger partial charge on any atom is 0.300 e. The van der Waals surface area contributed by atoms with Crippen molar-refractivity contribution in [3.8, 4) is 0 Å². The van der Waals surface area contributed by atoms with Crippen LogP contribution in [0.15, 0.2) is 6.20 Å². The third kappa shape index (κ3) is 2.43. The summed E-state index contributed by atoms with van der Waals surface area (Å²) in [4.78, 5) is 23.8. The van der Waals surface area contributed by atoms with Crippen molar-refractivity contribution in [2.75, 3.05) is 0 Å². The van der Waals surface area contributed by atoms with Gasteiger partial charge >= 0.3 is 5.69 Å². The topological polar surface area (TPSA) is 73.1 Å².